The minimum absolute atomic E-state index is 0.0997. The molecular formula is C24H24N4O2. The monoisotopic (exact) mass is 400 g/mol. The number of nitrogens with zero attached hydrogens (tertiary/aromatic N) is 3. The second kappa shape index (κ2) is 8.37. The van der Waals surface area contributed by atoms with Gasteiger partial charge in [-0.1, -0.05) is 60.7 Å². The summed E-state index contributed by atoms with van der Waals surface area (Å²) in [6.45, 7) is 3.81. The first kappa shape index (κ1) is 19.6. The van der Waals surface area contributed by atoms with Crippen LogP contribution in [0.4, 0.5) is 0 Å². The number of carbonyl (C=O) groups excluding carboxylic acids is 1. The van der Waals surface area contributed by atoms with E-state index in [0.717, 1.165) is 33.4 Å². The third-order valence-corrected chi connectivity index (χ3v) is 5.06. The molecule has 1 atom stereocenters. The Labute approximate surface area is 175 Å². The van der Waals surface area contributed by atoms with Gasteiger partial charge in [0.15, 0.2) is 12.3 Å². The molecule has 2 heterocycles. The number of fused-ring (bicyclic) bond motifs is 1. The van der Waals surface area contributed by atoms with Crippen molar-refractivity contribution in [3.63, 3.8) is 0 Å². The maximum atomic E-state index is 12.4. The van der Waals surface area contributed by atoms with Crippen molar-refractivity contribution < 1.29 is 9.53 Å². The predicted octanol–water partition coefficient (Wildman–Crippen LogP) is 4.20. The molecule has 0 radical (unpaired) electrons. The normalized spacial score (nSPS) is 12.0. The van der Waals surface area contributed by atoms with Crippen LogP contribution in [0.5, 0.6) is 5.88 Å². The van der Waals surface area contributed by atoms with Crippen molar-refractivity contribution in [2.45, 2.75) is 19.9 Å². The Morgan fingerprint density at radius 3 is 2.47 bits per heavy atom. The van der Waals surface area contributed by atoms with E-state index in [2.05, 4.69) is 15.4 Å². The van der Waals surface area contributed by atoms with Gasteiger partial charge >= 0.3 is 0 Å². The maximum Gasteiger partial charge on any atom is 0.258 e. The number of carbonyl (C=O) groups is 1. The third-order valence-electron chi connectivity index (χ3n) is 5.06. The fourth-order valence-electron chi connectivity index (χ4n) is 3.59. The Kier molecular flexibility index (Phi) is 5.48. The van der Waals surface area contributed by atoms with Gasteiger partial charge in [-0.25, -0.2) is 0 Å². The van der Waals surface area contributed by atoms with E-state index in [1.165, 1.54) is 0 Å². The van der Waals surface area contributed by atoms with Crippen molar-refractivity contribution in [3.8, 4) is 17.0 Å². The number of aryl methyl sites for hydroxylation is 2. The average Bonchev–Trinajstić information content (AvgIpc) is 3.06. The summed E-state index contributed by atoms with van der Waals surface area (Å²) in [5.41, 5.74) is 4.70. The van der Waals surface area contributed by atoms with E-state index in [0.29, 0.717) is 5.88 Å². The van der Waals surface area contributed by atoms with Crippen molar-refractivity contribution in [1.29, 1.82) is 0 Å². The number of ether oxygens (including phenoxy) is 1. The largest absolute Gasteiger partial charge is 0.467 e. The number of nitrogens with one attached hydrogen (secondary N) is 1. The van der Waals surface area contributed by atoms with Gasteiger partial charge < -0.3 is 10.1 Å². The molecule has 2 aromatic carbocycles. The first-order valence-corrected chi connectivity index (χ1v) is 9.90. The number of aromatic nitrogens is 3. The van der Waals surface area contributed by atoms with E-state index in [-0.39, 0.29) is 18.6 Å². The zero-order valence-electron chi connectivity index (χ0n) is 17.3. The summed E-state index contributed by atoms with van der Waals surface area (Å²) >= 11 is 0. The lowest BCUT2D eigenvalue weighted by molar-refractivity contribution is -0.123. The van der Waals surface area contributed by atoms with Gasteiger partial charge in [0, 0.05) is 13.1 Å². The SMILES string of the molecule is Cc1nn(C)c2nc(OCC(=O)N[C@H](C)c3ccccc3)cc(-c3ccccc3)c12. The molecule has 4 aromatic rings. The van der Waals surface area contributed by atoms with Crippen molar-refractivity contribution in [2.24, 2.45) is 7.05 Å². The Morgan fingerprint density at radius 1 is 1.10 bits per heavy atom. The Morgan fingerprint density at radius 2 is 1.77 bits per heavy atom. The van der Waals surface area contributed by atoms with Crippen LogP contribution in [0, 0.1) is 6.92 Å². The first-order chi connectivity index (χ1) is 14.5. The molecule has 30 heavy (non-hydrogen) atoms. The molecule has 152 valence electrons. The van der Waals surface area contributed by atoms with Crippen LogP contribution in [-0.2, 0) is 11.8 Å². The number of pyridine rings is 1. The van der Waals surface area contributed by atoms with E-state index in [1.54, 1.807) is 4.68 Å². The van der Waals surface area contributed by atoms with Gasteiger partial charge in [-0.3, -0.25) is 9.48 Å². The minimum Gasteiger partial charge on any atom is -0.467 e. The number of amides is 1. The van der Waals surface area contributed by atoms with Crippen LogP contribution in [0.15, 0.2) is 66.7 Å². The van der Waals surface area contributed by atoms with Gasteiger partial charge in [0.25, 0.3) is 5.91 Å². The number of hydrogen-bond donors (Lipinski definition) is 1. The Bertz CT molecular complexity index is 1170. The van der Waals surface area contributed by atoms with Crippen molar-refractivity contribution in [1.82, 2.24) is 20.1 Å². The molecule has 6 heteroatoms. The van der Waals surface area contributed by atoms with Crippen molar-refractivity contribution in [3.05, 3.63) is 78.0 Å². The summed E-state index contributed by atoms with van der Waals surface area (Å²) < 4.78 is 7.51. The topological polar surface area (TPSA) is 69.0 Å². The Hall–Kier alpha value is -3.67. The fourth-order valence-corrected chi connectivity index (χ4v) is 3.59. The van der Waals surface area contributed by atoms with Crippen LogP contribution in [0.25, 0.3) is 22.2 Å². The molecule has 0 unspecified atom stereocenters. The van der Waals surface area contributed by atoms with E-state index < -0.39 is 0 Å². The molecule has 0 bridgehead atoms. The third kappa shape index (κ3) is 4.03. The summed E-state index contributed by atoms with van der Waals surface area (Å²) in [6.07, 6.45) is 0. The van der Waals surface area contributed by atoms with Gasteiger partial charge in [-0.15, -0.1) is 0 Å². The highest BCUT2D eigenvalue weighted by atomic mass is 16.5. The quantitative estimate of drug-likeness (QED) is 0.527. The van der Waals surface area contributed by atoms with Crippen LogP contribution in [0.2, 0.25) is 0 Å². The van der Waals surface area contributed by atoms with Crippen molar-refractivity contribution in [2.75, 3.05) is 6.61 Å². The molecule has 2 aromatic heterocycles. The van der Waals surface area contributed by atoms with Crippen molar-refractivity contribution >= 4 is 16.9 Å². The van der Waals surface area contributed by atoms with Gasteiger partial charge in [-0.05, 0) is 30.5 Å². The van der Waals surface area contributed by atoms with Crippen LogP contribution < -0.4 is 10.1 Å². The molecule has 0 fully saturated rings. The molecule has 6 nitrogen and oxygen atoms in total. The summed E-state index contributed by atoms with van der Waals surface area (Å²) in [6, 6.07) is 21.6. The van der Waals surface area contributed by atoms with Gasteiger partial charge in [-0.2, -0.15) is 10.1 Å². The van der Waals surface area contributed by atoms with Crippen LogP contribution in [0.1, 0.15) is 24.2 Å². The standard InChI is InChI=1S/C24H24N4O2/c1-16(18-10-6-4-7-11-18)25-21(29)15-30-22-14-20(19-12-8-5-9-13-19)23-17(2)27-28(3)24(23)26-22/h4-14,16H,15H2,1-3H3,(H,25,29)/t16-/m1/s1. The molecule has 4 rings (SSSR count). The van der Waals surface area contributed by atoms with Gasteiger partial charge in [0.2, 0.25) is 5.88 Å². The number of hydrogen-bond acceptors (Lipinski definition) is 4. The summed E-state index contributed by atoms with van der Waals surface area (Å²) in [5, 5.41) is 8.45. The van der Waals surface area contributed by atoms with Crippen LogP contribution in [-0.4, -0.2) is 27.3 Å². The highest BCUT2D eigenvalue weighted by molar-refractivity contribution is 5.95. The maximum absolute atomic E-state index is 12.4. The van der Waals surface area contributed by atoms with E-state index in [1.807, 2.05) is 87.6 Å². The van der Waals surface area contributed by atoms with Gasteiger partial charge in [0.1, 0.15) is 0 Å². The van der Waals surface area contributed by atoms with Crippen LogP contribution in [0.3, 0.4) is 0 Å². The molecule has 0 spiro atoms. The number of rotatable bonds is 6. The second-order valence-corrected chi connectivity index (χ2v) is 7.27. The zero-order chi connectivity index (χ0) is 21.1. The zero-order valence-corrected chi connectivity index (χ0v) is 17.3. The molecule has 0 saturated heterocycles. The fraction of sp³-hybridized carbons (Fsp3) is 0.208. The molecule has 1 amide bonds. The van der Waals surface area contributed by atoms with E-state index >= 15 is 0 Å². The second-order valence-electron chi connectivity index (χ2n) is 7.27. The average molecular weight is 400 g/mol. The predicted molar refractivity (Wildman–Crippen MR) is 117 cm³/mol. The number of benzene rings is 2. The highest BCUT2D eigenvalue weighted by Gasteiger charge is 2.16. The Balaban J connectivity index is 1.56. The van der Waals surface area contributed by atoms with Crippen LogP contribution >= 0.6 is 0 Å². The molecule has 0 aliphatic carbocycles. The summed E-state index contributed by atoms with van der Waals surface area (Å²) in [4.78, 5) is 17.0. The lowest BCUT2D eigenvalue weighted by Gasteiger charge is -2.15. The lowest BCUT2D eigenvalue weighted by Crippen LogP contribution is -2.31. The summed E-state index contributed by atoms with van der Waals surface area (Å²) in [5.74, 6) is 0.197. The molecular weight excluding hydrogens is 376 g/mol. The van der Waals surface area contributed by atoms with Gasteiger partial charge in [0.05, 0.1) is 17.1 Å². The minimum atomic E-state index is -0.198. The molecule has 0 saturated carbocycles. The first-order valence-electron chi connectivity index (χ1n) is 9.90. The van der Waals surface area contributed by atoms with E-state index in [9.17, 15) is 4.79 Å². The molecule has 1 N–H and O–H groups in total. The smallest absolute Gasteiger partial charge is 0.258 e. The van der Waals surface area contributed by atoms with E-state index in [4.69, 9.17) is 4.74 Å². The molecule has 0 aliphatic rings. The summed E-state index contributed by atoms with van der Waals surface area (Å²) in [7, 11) is 1.86. The highest BCUT2D eigenvalue weighted by Crippen LogP contribution is 2.32. The lowest BCUT2D eigenvalue weighted by atomic mass is 10.0. The molecule has 0 aliphatic heterocycles.